The zero-order valence-electron chi connectivity index (χ0n) is 16.6. The second-order valence-corrected chi connectivity index (χ2v) is 8.70. The number of amides is 2. The summed E-state index contributed by atoms with van der Waals surface area (Å²) in [4.78, 5) is 27.3. The number of carbonyl (C=O) groups excluding carboxylic acids is 2. The molecule has 4 rings (SSSR count). The molecule has 1 saturated heterocycles. The third kappa shape index (κ3) is 4.20. The van der Waals surface area contributed by atoms with Crippen molar-refractivity contribution in [3.05, 3.63) is 63.6 Å². The summed E-state index contributed by atoms with van der Waals surface area (Å²) in [6, 6.07) is 11.3. The van der Waals surface area contributed by atoms with Crippen molar-refractivity contribution >= 4 is 46.2 Å². The second-order valence-electron chi connectivity index (χ2n) is 7.02. The minimum absolute atomic E-state index is 0.155. The summed E-state index contributed by atoms with van der Waals surface area (Å²) in [5, 5.41) is 2.88. The van der Waals surface area contributed by atoms with Gasteiger partial charge in [-0.3, -0.25) is 14.5 Å². The van der Waals surface area contributed by atoms with Crippen LogP contribution >= 0.6 is 24.0 Å². The van der Waals surface area contributed by atoms with E-state index >= 15 is 0 Å². The second kappa shape index (κ2) is 8.49. The molecule has 30 heavy (non-hydrogen) atoms. The predicted octanol–water partition coefficient (Wildman–Crippen LogP) is 3.66. The molecule has 0 aromatic heterocycles. The maximum absolute atomic E-state index is 12.8. The Hall–Kier alpha value is -2.84. The number of benzene rings is 2. The van der Waals surface area contributed by atoms with Gasteiger partial charge in [0.25, 0.3) is 11.8 Å². The molecule has 0 aliphatic carbocycles. The van der Waals surface area contributed by atoms with E-state index in [0.717, 1.165) is 16.7 Å². The van der Waals surface area contributed by atoms with E-state index in [1.54, 1.807) is 6.08 Å². The maximum atomic E-state index is 12.8. The average Bonchev–Trinajstić information content (AvgIpc) is 3.29. The van der Waals surface area contributed by atoms with Gasteiger partial charge in [0, 0.05) is 18.7 Å². The van der Waals surface area contributed by atoms with Crippen LogP contribution in [0.4, 0.5) is 0 Å². The van der Waals surface area contributed by atoms with Gasteiger partial charge in [0.1, 0.15) is 4.32 Å². The normalized spacial score (nSPS) is 16.5. The van der Waals surface area contributed by atoms with Gasteiger partial charge in [0.2, 0.25) is 6.79 Å². The monoisotopic (exact) mass is 440 g/mol. The first-order valence-corrected chi connectivity index (χ1v) is 10.7. The number of hydrogen-bond donors (Lipinski definition) is 1. The van der Waals surface area contributed by atoms with E-state index in [9.17, 15) is 9.59 Å². The summed E-state index contributed by atoms with van der Waals surface area (Å²) < 4.78 is 11.2. The lowest BCUT2D eigenvalue weighted by molar-refractivity contribution is -0.122. The fourth-order valence-corrected chi connectivity index (χ4v) is 4.51. The van der Waals surface area contributed by atoms with Crippen LogP contribution in [-0.2, 0) is 4.79 Å². The summed E-state index contributed by atoms with van der Waals surface area (Å²) in [6.45, 7) is 4.69. The molecule has 0 radical (unpaired) electrons. The van der Waals surface area contributed by atoms with Gasteiger partial charge in [-0.1, -0.05) is 47.7 Å². The number of fused-ring (bicyclic) bond motifs is 1. The molecule has 1 N–H and O–H groups in total. The van der Waals surface area contributed by atoms with Crippen molar-refractivity contribution in [2.45, 2.75) is 13.8 Å². The Balaban J connectivity index is 1.38. The van der Waals surface area contributed by atoms with E-state index < -0.39 is 0 Å². The van der Waals surface area contributed by atoms with Crippen LogP contribution in [0, 0.1) is 13.8 Å². The number of thiocarbonyl (C=S) groups is 1. The first-order chi connectivity index (χ1) is 14.4. The highest BCUT2D eigenvalue weighted by Gasteiger charge is 2.31. The third-order valence-electron chi connectivity index (χ3n) is 4.83. The molecule has 6 nitrogen and oxygen atoms in total. The van der Waals surface area contributed by atoms with Crippen LogP contribution in [0.5, 0.6) is 11.5 Å². The van der Waals surface area contributed by atoms with Gasteiger partial charge in [-0.2, -0.15) is 0 Å². The number of nitrogens with one attached hydrogen (secondary N) is 1. The lowest BCUT2D eigenvalue weighted by atomic mass is 10.1. The molecule has 2 aliphatic heterocycles. The number of nitrogens with zero attached hydrogens (tertiary/aromatic N) is 1. The standard InChI is InChI=1S/C22H20N2O4S2/c1-13-3-4-14(2)16(9-13)20(25)23-7-8-24-21(26)19(30-22(24)29)11-15-5-6-17-18(10-15)28-12-27-17/h3-6,9-11H,7-8,12H2,1-2H3,(H,23,25). The molecule has 2 aliphatic rings. The van der Waals surface area contributed by atoms with E-state index in [2.05, 4.69) is 5.32 Å². The molecular formula is C22H20N2O4S2. The number of hydrogen-bond acceptors (Lipinski definition) is 6. The van der Waals surface area contributed by atoms with Crippen molar-refractivity contribution in [2.24, 2.45) is 0 Å². The maximum Gasteiger partial charge on any atom is 0.266 e. The zero-order chi connectivity index (χ0) is 21.3. The first kappa shape index (κ1) is 20.4. The lowest BCUT2D eigenvalue weighted by Crippen LogP contribution is -2.37. The molecule has 0 spiro atoms. The third-order valence-corrected chi connectivity index (χ3v) is 6.20. The van der Waals surface area contributed by atoms with Gasteiger partial charge in [-0.25, -0.2) is 0 Å². The lowest BCUT2D eigenvalue weighted by Gasteiger charge is -2.15. The van der Waals surface area contributed by atoms with Crippen LogP contribution in [0.3, 0.4) is 0 Å². The van der Waals surface area contributed by atoms with Crippen molar-refractivity contribution in [1.82, 2.24) is 10.2 Å². The summed E-state index contributed by atoms with van der Waals surface area (Å²) in [7, 11) is 0. The van der Waals surface area contributed by atoms with Crippen LogP contribution in [0.1, 0.15) is 27.0 Å². The van der Waals surface area contributed by atoms with Gasteiger partial charge in [-0.05, 0) is 49.2 Å². The van der Waals surface area contributed by atoms with E-state index in [0.29, 0.717) is 39.4 Å². The van der Waals surface area contributed by atoms with Crippen LogP contribution in [-0.4, -0.2) is 40.9 Å². The molecule has 154 valence electrons. The Morgan fingerprint density at radius 1 is 1.20 bits per heavy atom. The number of ether oxygens (including phenoxy) is 2. The molecule has 2 amide bonds. The Labute approximate surface area is 184 Å². The van der Waals surface area contributed by atoms with Crippen LogP contribution in [0.15, 0.2) is 41.3 Å². The topological polar surface area (TPSA) is 67.9 Å². The van der Waals surface area contributed by atoms with Gasteiger partial charge < -0.3 is 14.8 Å². The Kier molecular flexibility index (Phi) is 5.78. The Morgan fingerprint density at radius 3 is 2.83 bits per heavy atom. The van der Waals surface area contributed by atoms with Crippen molar-refractivity contribution in [3.8, 4) is 11.5 Å². The number of aryl methyl sites for hydroxylation is 2. The van der Waals surface area contributed by atoms with Crippen LogP contribution in [0.25, 0.3) is 6.08 Å². The minimum atomic E-state index is -0.163. The summed E-state index contributed by atoms with van der Waals surface area (Å²) in [5.41, 5.74) is 3.41. The van der Waals surface area contributed by atoms with Crippen molar-refractivity contribution < 1.29 is 19.1 Å². The molecule has 0 saturated carbocycles. The first-order valence-electron chi connectivity index (χ1n) is 9.43. The van der Waals surface area contributed by atoms with E-state index in [1.807, 2.05) is 50.2 Å². The van der Waals surface area contributed by atoms with Crippen LogP contribution in [0.2, 0.25) is 0 Å². The summed E-state index contributed by atoms with van der Waals surface area (Å²) in [5.74, 6) is 1.04. The molecule has 1 fully saturated rings. The van der Waals surface area contributed by atoms with Crippen molar-refractivity contribution in [3.63, 3.8) is 0 Å². The van der Waals surface area contributed by atoms with E-state index in [1.165, 1.54) is 16.7 Å². The van der Waals surface area contributed by atoms with Gasteiger partial charge in [-0.15, -0.1) is 0 Å². The fraction of sp³-hybridized carbons (Fsp3) is 0.227. The van der Waals surface area contributed by atoms with E-state index in [4.69, 9.17) is 21.7 Å². The Bertz CT molecular complexity index is 1080. The molecule has 8 heteroatoms. The smallest absolute Gasteiger partial charge is 0.266 e. The number of rotatable bonds is 5. The fourth-order valence-electron chi connectivity index (χ4n) is 3.20. The molecule has 0 bridgehead atoms. The van der Waals surface area contributed by atoms with Gasteiger partial charge in [0.05, 0.1) is 4.91 Å². The van der Waals surface area contributed by atoms with Crippen molar-refractivity contribution in [1.29, 1.82) is 0 Å². The van der Waals surface area contributed by atoms with E-state index in [-0.39, 0.29) is 18.6 Å². The van der Waals surface area contributed by atoms with Gasteiger partial charge in [0.15, 0.2) is 11.5 Å². The quantitative estimate of drug-likeness (QED) is 0.565. The van der Waals surface area contributed by atoms with Gasteiger partial charge >= 0.3 is 0 Å². The largest absolute Gasteiger partial charge is 0.454 e. The molecule has 0 atom stereocenters. The SMILES string of the molecule is Cc1ccc(C)c(C(=O)NCCN2C(=O)C(=Cc3ccc4c(c3)OCO4)SC2=S)c1. The highest BCUT2D eigenvalue weighted by molar-refractivity contribution is 8.26. The summed E-state index contributed by atoms with van der Waals surface area (Å²) >= 11 is 6.62. The summed E-state index contributed by atoms with van der Waals surface area (Å²) in [6.07, 6.45) is 1.79. The molecule has 2 aromatic rings. The molecule has 2 aromatic carbocycles. The highest BCUT2D eigenvalue weighted by Crippen LogP contribution is 2.36. The molecular weight excluding hydrogens is 420 g/mol. The molecule has 2 heterocycles. The predicted molar refractivity (Wildman–Crippen MR) is 121 cm³/mol. The average molecular weight is 441 g/mol. The number of carbonyl (C=O) groups is 2. The highest BCUT2D eigenvalue weighted by atomic mass is 32.2. The Morgan fingerprint density at radius 2 is 2.00 bits per heavy atom. The minimum Gasteiger partial charge on any atom is -0.454 e. The zero-order valence-corrected chi connectivity index (χ0v) is 18.2. The molecule has 0 unspecified atom stereocenters. The van der Waals surface area contributed by atoms with Crippen LogP contribution < -0.4 is 14.8 Å². The number of thioether (sulfide) groups is 1. The van der Waals surface area contributed by atoms with Crippen molar-refractivity contribution in [2.75, 3.05) is 19.9 Å².